The standard InChI is InChI=1S/C15H19N3O2/c1-11(2)20-15-12(5-4-8-16-15)9-17-14-7-6-13(19-3)10-18-14/h4-8,10-11H,9H2,1-3H3,(H,17,18). The lowest BCUT2D eigenvalue weighted by molar-refractivity contribution is 0.230. The SMILES string of the molecule is COc1ccc(NCc2cccnc2OC(C)C)nc1. The maximum atomic E-state index is 5.68. The van der Waals surface area contributed by atoms with Gasteiger partial charge in [-0.25, -0.2) is 9.97 Å². The number of ether oxygens (including phenoxy) is 2. The smallest absolute Gasteiger partial charge is 0.218 e. The number of nitrogens with zero attached hydrogens (tertiary/aromatic N) is 2. The molecule has 0 saturated carbocycles. The quantitative estimate of drug-likeness (QED) is 0.877. The Morgan fingerprint density at radius 3 is 2.70 bits per heavy atom. The normalized spacial score (nSPS) is 10.4. The van der Waals surface area contributed by atoms with E-state index in [4.69, 9.17) is 9.47 Å². The first-order valence-corrected chi connectivity index (χ1v) is 6.53. The zero-order valence-corrected chi connectivity index (χ0v) is 12.0. The summed E-state index contributed by atoms with van der Waals surface area (Å²) in [6, 6.07) is 7.62. The molecule has 0 radical (unpaired) electrons. The van der Waals surface area contributed by atoms with Crippen LogP contribution in [0, 0.1) is 0 Å². The highest BCUT2D eigenvalue weighted by Crippen LogP contribution is 2.18. The highest BCUT2D eigenvalue weighted by atomic mass is 16.5. The van der Waals surface area contributed by atoms with Crippen LogP contribution in [0.3, 0.4) is 0 Å². The minimum atomic E-state index is 0.0998. The van der Waals surface area contributed by atoms with Gasteiger partial charge < -0.3 is 14.8 Å². The molecule has 5 heteroatoms. The van der Waals surface area contributed by atoms with Gasteiger partial charge in [-0.1, -0.05) is 6.07 Å². The van der Waals surface area contributed by atoms with Gasteiger partial charge in [0.05, 0.1) is 19.4 Å². The molecule has 2 heterocycles. The van der Waals surface area contributed by atoms with Crippen LogP contribution in [0.1, 0.15) is 19.4 Å². The molecular weight excluding hydrogens is 254 g/mol. The van der Waals surface area contributed by atoms with Gasteiger partial charge in [-0.2, -0.15) is 0 Å². The van der Waals surface area contributed by atoms with Crippen LogP contribution in [0.25, 0.3) is 0 Å². The summed E-state index contributed by atoms with van der Waals surface area (Å²) in [5, 5.41) is 3.24. The van der Waals surface area contributed by atoms with Crippen LogP contribution in [0.4, 0.5) is 5.82 Å². The van der Waals surface area contributed by atoms with E-state index >= 15 is 0 Å². The molecule has 20 heavy (non-hydrogen) atoms. The van der Waals surface area contributed by atoms with Gasteiger partial charge in [-0.05, 0) is 32.0 Å². The molecule has 0 bridgehead atoms. The number of methoxy groups -OCH3 is 1. The molecule has 106 valence electrons. The largest absolute Gasteiger partial charge is 0.495 e. The second kappa shape index (κ2) is 6.75. The van der Waals surface area contributed by atoms with Crippen molar-refractivity contribution in [1.29, 1.82) is 0 Å². The summed E-state index contributed by atoms with van der Waals surface area (Å²) in [5.41, 5.74) is 0.999. The molecule has 0 aliphatic heterocycles. The van der Waals surface area contributed by atoms with Gasteiger partial charge >= 0.3 is 0 Å². The van der Waals surface area contributed by atoms with Crippen LogP contribution >= 0.6 is 0 Å². The van der Waals surface area contributed by atoms with Crippen molar-refractivity contribution < 1.29 is 9.47 Å². The molecule has 0 aliphatic carbocycles. The Hall–Kier alpha value is -2.30. The maximum Gasteiger partial charge on any atom is 0.218 e. The van der Waals surface area contributed by atoms with Gasteiger partial charge in [0.1, 0.15) is 11.6 Å². The molecular formula is C15H19N3O2. The molecule has 0 aromatic carbocycles. The van der Waals surface area contributed by atoms with Crippen LogP contribution in [0.2, 0.25) is 0 Å². The van der Waals surface area contributed by atoms with E-state index in [0.717, 1.165) is 17.1 Å². The maximum absolute atomic E-state index is 5.68. The Balaban J connectivity index is 2.02. The van der Waals surface area contributed by atoms with Gasteiger partial charge in [0.25, 0.3) is 0 Å². The number of aromatic nitrogens is 2. The zero-order valence-electron chi connectivity index (χ0n) is 12.0. The monoisotopic (exact) mass is 273 g/mol. The van der Waals surface area contributed by atoms with Crippen molar-refractivity contribution in [3.8, 4) is 11.6 Å². The fourth-order valence-electron chi connectivity index (χ4n) is 1.68. The van der Waals surface area contributed by atoms with Gasteiger partial charge in [0.15, 0.2) is 0 Å². The van der Waals surface area contributed by atoms with Crippen molar-refractivity contribution in [2.75, 3.05) is 12.4 Å². The Morgan fingerprint density at radius 2 is 2.05 bits per heavy atom. The third-order valence-corrected chi connectivity index (χ3v) is 2.63. The van der Waals surface area contributed by atoms with Gasteiger partial charge in [0.2, 0.25) is 5.88 Å². The van der Waals surface area contributed by atoms with Gasteiger partial charge in [-0.3, -0.25) is 0 Å². The Labute approximate surface area is 119 Å². The number of hydrogen-bond acceptors (Lipinski definition) is 5. The van der Waals surface area contributed by atoms with Gasteiger partial charge in [0, 0.05) is 18.3 Å². The van der Waals surface area contributed by atoms with E-state index < -0.39 is 0 Å². The van der Waals surface area contributed by atoms with E-state index in [9.17, 15) is 0 Å². The lowest BCUT2D eigenvalue weighted by Gasteiger charge is -2.13. The average molecular weight is 273 g/mol. The van der Waals surface area contributed by atoms with E-state index in [1.165, 1.54) is 0 Å². The molecule has 1 N–H and O–H groups in total. The minimum Gasteiger partial charge on any atom is -0.495 e. The average Bonchev–Trinajstić information content (AvgIpc) is 2.46. The molecule has 0 saturated heterocycles. The molecule has 0 fully saturated rings. The predicted molar refractivity (Wildman–Crippen MR) is 78.1 cm³/mol. The molecule has 2 aromatic rings. The third-order valence-electron chi connectivity index (χ3n) is 2.63. The van der Waals surface area contributed by atoms with Gasteiger partial charge in [-0.15, -0.1) is 0 Å². The molecule has 5 nitrogen and oxygen atoms in total. The summed E-state index contributed by atoms with van der Waals surface area (Å²) in [4.78, 5) is 8.51. The lowest BCUT2D eigenvalue weighted by Crippen LogP contribution is -2.10. The van der Waals surface area contributed by atoms with Crippen LogP contribution in [0.15, 0.2) is 36.7 Å². The number of nitrogens with one attached hydrogen (secondary N) is 1. The molecule has 2 aromatic heterocycles. The van der Waals surface area contributed by atoms with Crippen molar-refractivity contribution in [3.63, 3.8) is 0 Å². The molecule has 2 rings (SSSR count). The van der Waals surface area contributed by atoms with Crippen molar-refractivity contribution in [2.45, 2.75) is 26.5 Å². The summed E-state index contributed by atoms with van der Waals surface area (Å²) in [6.07, 6.45) is 3.51. The highest BCUT2D eigenvalue weighted by molar-refractivity contribution is 5.39. The van der Waals surface area contributed by atoms with E-state index in [1.807, 2.05) is 38.1 Å². The summed E-state index contributed by atoms with van der Waals surface area (Å²) in [5.74, 6) is 2.18. The van der Waals surface area contributed by atoms with Crippen molar-refractivity contribution in [3.05, 3.63) is 42.2 Å². The first-order chi connectivity index (χ1) is 9.69. The fourth-order valence-corrected chi connectivity index (χ4v) is 1.68. The predicted octanol–water partition coefficient (Wildman–Crippen LogP) is 2.88. The van der Waals surface area contributed by atoms with E-state index in [1.54, 1.807) is 19.5 Å². The number of hydrogen-bond donors (Lipinski definition) is 1. The highest BCUT2D eigenvalue weighted by Gasteiger charge is 2.06. The summed E-state index contributed by atoms with van der Waals surface area (Å²) >= 11 is 0. The van der Waals surface area contributed by atoms with Crippen LogP contribution < -0.4 is 14.8 Å². The van der Waals surface area contributed by atoms with Crippen LogP contribution in [0.5, 0.6) is 11.6 Å². The van der Waals surface area contributed by atoms with Crippen LogP contribution in [-0.2, 0) is 6.54 Å². The Kier molecular flexibility index (Phi) is 4.76. The Morgan fingerprint density at radius 1 is 1.20 bits per heavy atom. The van der Waals surface area contributed by atoms with Crippen molar-refractivity contribution >= 4 is 5.82 Å². The summed E-state index contributed by atoms with van der Waals surface area (Å²) in [6.45, 7) is 4.57. The first kappa shape index (κ1) is 14.1. The first-order valence-electron chi connectivity index (χ1n) is 6.53. The minimum absolute atomic E-state index is 0.0998. The molecule has 0 aliphatic rings. The Bertz CT molecular complexity index is 541. The molecule has 0 unspecified atom stereocenters. The van der Waals surface area contributed by atoms with E-state index in [2.05, 4.69) is 15.3 Å². The second-order valence-electron chi connectivity index (χ2n) is 4.57. The lowest BCUT2D eigenvalue weighted by atomic mass is 10.2. The summed E-state index contributed by atoms with van der Waals surface area (Å²) in [7, 11) is 1.62. The number of anilines is 1. The third kappa shape index (κ3) is 3.85. The fraction of sp³-hybridized carbons (Fsp3) is 0.333. The number of pyridine rings is 2. The zero-order chi connectivity index (χ0) is 14.4. The molecule has 0 atom stereocenters. The van der Waals surface area contributed by atoms with E-state index in [-0.39, 0.29) is 6.10 Å². The van der Waals surface area contributed by atoms with Crippen molar-refractivity contribution in [2.24, 2.45) is 0 Å². The second-order valence-corrected chi connectivity index (χ2v) is 4.57. The van der Waals surface area contributed by atoms with Crippen LogP contribution in [-0.4, -0.2) is 23.2 Å². The summed E-state index contributed by atoms with van der Waals surface area (Å²) < 4.78 is 10.8. The number of rotatable bonds is 6. The molecule has 0 amide bonds. The molecule has 0 spiro atoms. The topological polar surface area (TPSA) is 56.3 Å². The van der Waals surface area contributed by atoms with E-state index in [0.29, 0.717) is 12.4 Å². The van der Waals surface area contributed by atoms with Crippen molar-refractivity contribution in [1.82, 2.24) is 9.97 Å².